The zero-order valence-corrected chi connectivity index (χ0v) is 35.7. The van der Waals surface area contributed by atoms with Crippen molar-refractivity contribution in [3.05, 3.63) is 91.4 Å². The molecule has 0 aliphatic heterocycles. The Morgan fingerprint density at radius 2 is 1.28 bits per heavy atom. The maximum absolute atomic E-state index is 6.32. The number of hydrogen-bond acceptors (Lipinski definition) is 4. The van der Waals surface area contributed by atoms with Crippen LogP contribution in [0.1, 0.15) is 78.0 Å². The van der Waals surface area contributed by atoms with Gasteiger partial charge in [-0.05, 0) is 72.0 Å². The standard InChI is InChI=1S/C17H28O2Si.C14H24O2Si.C4H9.C3H5Br.Li/c1-8-10-15-14(11-9-12-16(15)18-5)13-19-20(6,7)17(2,3)4;1-14(2,3)17(5,6)16-11-12-8-7-9-13(10-12)15-4;1-3-4-2;1-2-3-4;/h8-9,11-12H,1,10,13H2,2-7H3;7-10H,11H2,1-6H3;1,3-4H2,2H3;2H,1,3H2;/q;;-1;;+1. The molecule has 0 fully saturated rings. The Kier molecular flexibility index (Phi) is 26.8. The number of alkyl halides is 1. The monoisotopic (exact) mass is 728 g/mol. The largest absolute Gasteiger partial charge is 1.00 e. The van der Waals surface area contributed by atoms with Crippen LogP contribution in [0.5, 0.6) is 11.5 Å². The topological polar surface area (TPSA) is 36.9 Å². The second kappa shape index (κ2) is 25.0. The first kappa shape index (κ1) is 49.3. The zero-order valence-electron chi connectivity index (χ0n) is 32.1. The summed E-state index contributed by atoms with van der Waals surface area (Å²) < 4.78 is 23.1. The summed E-state index contributed by atoms with van der Waals surface area (Å²) >= 11 is 3.13. The minimum Gasteiger partial charge on any atom is -0.497 e. The number of ether oxygens (including phenoxy) is 2. The zero-order chi connectivity index (χ0) is 35.3. The number of halogens is 1. The number of benzene rings is 2. The Morgan fingerprint density at radius 3 is 1.67 bits per heavy atom. The van der Waals surface area contributed by atoms with Crippen LogP contribution < -0.4 is 28.3 Å². The fourth-order valence-corrected chi connectivity index (χ4v) is 4.94. The Bertz CT molecular complexity index is 1090. The molecule has 0 aliphatic rings. The van der Waals surface area contributed by atoms with Gasteiger partial charge < -0.3 is 25.2 Å². The van der Waals surface area contributed by atoms with Gasteiger partial charge in [-0.2, -0.15) is 6.42 Å². The van der Waals surface area contributed by atoms with Gasteiger partial charge in [0.25, 0.3) is 0 Å². The van der Waals surface area contributed by atoms with Crippen LogP contribution in [0, 0.1) is 6.92 Å². The average Bonchev–Trinajstić information content (AvgIpc) is 2.99. The van der Waals surface area contributed by atoms with E-state index in [0.717, 1.165) is 29.7 Å². The predicted molar refractivity (Wildman–Crippen MR) is 208 cm³/mol. The van der Waals surface area contributed by atoms with E-state index >= 15 is 0 Å². The van der Waals surface area contributed by atoms with Gasteiger partial charge >= 0.3 is 18.9 Å². The van der Waals surface area contributed by atoms with E-state index in [1.54, 1.807) is 20.3 Å². The summed E-state index contributed by atoms with van der Waals surface area (Å²) in [4.78, 5) is 0. The molecule has 0 heterocycles. The van der Waals surface area contributed by atoms with E-state index in [0.29, 0.717) is 13.2 Å². The van der Waals surface area contributed by atoms with E-state index in [1.807, 2.05) is 36.4 Å². The molecular weight excluding hydrogens is 663 g/mol. The van der Waals surface area contributed by atoms with E-state index in [-0.39, 0.29) is 28.9 Å². The van der Waals surface area contributed by atoms with Gasteiger partial charge in [-0.1, -0.05) is 107 Å². The first-order valence-corrected chi connectivity index (χ1v) is 22.9. The van der Waals surface area contributed by atoms with Crippen LogP contribution in [0.2, 0.25) is 36.3 Å². The molecule has 8 heteroatoms. The van der Waals surface area contributed by atoms with Crippen molar-refractivity contribution >= 4 is 32.6 Å². The maximum atomic E-state index is 6.32. The third kappa shape index (κ3) is 19.7. The maximum Gasteiger partial charge on any atom is 1.00 e. The molecule has 0 unspecified atom stereocenters. The minimum absolute atomic E-state index is 0. The van der Waals surface area contributed by atoms with Gasteiger partial charge in [0.1, 0.15) is 11.5 Å². The van der Waals surface area contributed by atoms with Crippen molar-refractivity contribution in [1.29, 1.82) is 0 Å². The molecule has 0 radical (unpaired) electrons. The first-order chi connectivity index (χ1) is 20.8. The van der Waals surface area contributed by atoms with Crippen molar-refractivity contribution in [2.45, 2.75) is 117 Å². The molecule has 0 spiro atoms. The summed E-state index contributed by atoms with van der Waals surface area (Å²) in [6, 6.07) is 14.2. The summed E-state index contributed by atoms with van der Waals surface area (Å²) in [5.74, 6) is 1.81. The molecule has 0 aromatic heterocycles. The molecule has 2 aromatic carbocycles. The molecule has 0 aliphatic carbocycles. The second-order valence-corrected chi connectivity index (χ2v) is 24.1. The van der Waals surface area contributed by atoms with Crippen LogP contribution >= 0.6 is 15.9 Å². The molecule has 258 valence electrons. The summed E-state index contributed by atoms with van der Waals surface area (Å²) in [6.45, 7) is 37.0. The van der Waals surface area contributed by atoms with Crippen molar-refractivity contribution in [3.8, 4) is 11.5 Å². The molecule has 0 saturated heterocycles. The fraction of sp³-hybridized carbons (Fsp3) is 0.553. The summed E-state index contributed by atoms with van der Waals surface area (Å²) in [7, 11) is 0.0132. The number of allylic oxidation sites excluding steroid dienone is 2. The molecule has 4 nitrogen and oxygen atoms in total. The van der Waals surface area contributed by atoms with Crippen LogP contribution in [-0.2, 0) is 28.5 Å². The summed E-state index contributed by atoms with van der Waals surface area (Å²) in [5.41, 5.74) is 3.56. The number of methoxy groups -OCH3 is 2. The minimum atomic E-state index is -1.73. The number of rotatable bonds is 12. The molecule has 2 rings (SSSR count). The quantitative estimate of drug-likeness (QED) is 0.0945. The third-order valence-electron chi connectivity index (χ3n) is 8.20. The number of unbranched alkanes of at least 4 members (excludes halogenated alkanes) is 1. The third-order valence-corrected chi connectivity index (χ3v) is 17.6. The van der Waals surface area contributed by atoms with E-state index in [4.69, 9.17) is 18.3 Å². The Hall–Kier alpha value is -1.05. The van der Waals surface area contributed by atoms with Gasteiger partial charge in [0.05, 0.1) is 27.4 Å². The van der Waals surface area contributed by atoms with Crippen LogP contribution in [0.15, 0.2) is 67.8 Å². The number of hydrogen-bond donors (Lipinski definition) is 0. The smallest absolute Gasteiger partial charge is 0.497 e. The normalized spacial score (nSPS) is 11.2. The van der Waals surface area contributed by atoms with Crippen LogP contribution in [0.4, 0.5) is 0 Å². The van der Waals surface area contributed by atoms with Gasteiger partial charge in [-0.15, -0.1) is 13.2 Å². The molecular formula is C38H66BrLiO4Si2. The van der Waals surface area contributed by atoms with Gasteiger partial charge in [-0.3, -0.25) is 0 Å². The molecule has 46 heavy (non-hydrogen) atoms. The van der Waals surface area contributed by atoms with Crippen LogP contribution in [0.25, 0.3) is 0 Å². The van der Waals surface area contributed by atoms with E-state index in [2.05, 4.69) is 123 Å². The Morgan fingerprint density at radius 1 is 0.804 bits per heavy atom. The van der Waals surface area contributed by atoms with E-state index in [1.165, 1.54) is 23.1 Å². The van der Waals surface area contributed by atoms with Gasteiger partial charge in [0.15, 0.2) is 16.6 Å². The average molecular weight is 730 g/mol. The Labute approximate surface area is 307 Å². The molecule has 2 aromatic rings. The van der Waals surface area contributed by atoms with Crippen molar-refractivity contribution < 1.29 is 37.2 Å². The van der Waals surface area contributed by atoms with Crippen LogP contribution in [-0.4, -0.2) is 36.2 Å². The molecule has 0 bridgehead atoms. The van der Waals surface area contributed by atoms with Gasteiger partial charge in [0, 0.05) is 10.9 Å². The summed E-state index contributed by atoms with van der Waals surface area (Å²) in [6.07, 6.45) is 6.79. The van der Waals surface area contributed by atoms with Crippen LogP contribution in [0.3, 0.4) is 0 Å². The predicted octanol–water partition coefficient (Wildman–Crippen LogP) is 9.35. The van der Waals surface area contributed by atoms with Crippen molar-refractivity contribution in [1.82, 2.24) is 0 Å². The summed E-state index contributed by atoms with van der Waals surface area (Å²) in [5, 5.41) is 1.38. The fourth-order valence-electron chi connectivity index (χ4n) is 3.03. The first-order valence-electron chi connectivity index (χ1n) is 15.9. The van der Waals surface area contributed by atoms with E-state index in [9.17, 15) is 0 Å². The van der Waals surface area contributed by atoms with Gasteiger partial charge in [0.2, 0.25) is 0 Å². The SMILES string of the molecule is C=CCBr.C=CCc1c(CO[Si](C)(C)C(C)(C)C)cccc1OC.COc1cccc(CO[Si](C)(C)C(C)(C)C)c1.[CH2-]CCC.[Li+]. The molecule has 0 N–H and O–H groups in total. The Balaban J connectivity index is -0.000000644. The molecule has 0 saturated carbocycles. The van der Waals surface area contributed by atoms with Crippen molar-refractivity contribution in [3.63, 3.8) is 0 Å². The van der Waals surface area contributed by atoms with E-state index < -0.39 is 16.6 Å². The van der Waals surface area contributed by atoms with Crippen molar-refractivity contribution in [2.75, 3.05) is 19.5 Å². The second-order valence-electron chi connectivity index (χ2n) is 13.8. The van der Waals surface area contributed by atoms with Gasteiger partial charge in [-0.25, -0.2) is 0 Å². The van der Waals surface area contributed by atoms with Crippen molar-refractivity contribution in [2.24, 2.45) is 0 Å². The molecule has 0 atom stereocenters. The molecule has 0 amide bonds.